The van der Waals surface area contributed by atoms with Crippen LogP contribution in [0.3, 0.4) is 0 Å². The van der Waals surface area contributed by atoms with Crippen molar-refractivity contribution in [1.82, 2.24) is 0 Å². The predicted octanol–water partition coefficient (Wildman–Crippen LogP) is 2.99. The number of benzene rings is 1. The maximum Gasteiger partial charge on any atom is 0.250 e. The molecule has 116 valence electrons. The third-order valence-electron chi connectivity index (χ3n) is 3.67. The van der Waals surface area contributed by atoms with Gasteiger partial charge in [0.1, 0.15) is 6.61 Å². The summed E-state index contributed by atoms with van der Waals surface area (Å²) in [6.45, 7) is 0.0962. The standard InChI is InChI=1S/C16H23NO4/c1-19-14-9-8-12(10-15(14)20-2)17-16(18)11-21-13-6-4-3-5-7-13/h8-10,13H,3-7,11H2,1-2H3,(H,17,18). The third-order valence-corrected chi connectivity index (χ3v) is 3.67. The molecule has 0 bridgehead atoms. The van der Waals surface area contributed by atoms with E-state index in [-0.39, 0.29) is 18.6 Å². The van der Waals surface area contributed by atoms with Gasteiger partial charge in [0, 0.05) is 11.8 Å². The van der Waals surface area contributed by atoms with Crippen molar-refractivity contribution in [3.63, 3.8) is 0 Å². The molecule has 1 fully saturated rings. The first-order chi connectivity index (χ1) is 10.2. The molecule has 1 amide bonds. The van der Waals surface area contributed by atoms with Crippen molar-refractivity contribution < 1.29 is 19.0 Å². The van der Waals surface area contributed by atoms with Crippen molar-refractivity contribution >= 4 is 11.6 Å². The highest BCUT2D eigenvalue weighted by Gasteiger charge is 2.15. The molecule has 0 atom stereocenters. The number of anilines is 1. The Hall–Kier alpha value is -1.75. The number of rotatable bonds is 6. The number of ether oxygens (including phenoxy) is 3. The SMILES string of the molecule is COc1ccc(NC(=O)COC2CCCCC2)cc1OC. The monoisotopic (exact) mass is 293 g/mol. The Bertz CT molecular complexity index is 469. The molecule has 0 spiro atoms. The van der Waals surface area contributed by atoms with E-state index in [9.17, 15) is 4.79 Å². The molecule has 1 aromatic carbocycles. The van der Waals surface area contributed by atoms with Crippen LogP contribution in [-0.2, 0) is 9.53 Å². The lowest BCUT2D eigenvalue weighted by atomic mass is 9.98. The molecule has 0 saturated heterocycles. The summed E-state index contributed by atoms with van der Waals surface area (Å²) in [4.78, 5) is 11.9. The van der Waals surface area contributed by atoms with Gasteiger partial charge >= 0.3 is 0 Å². The van der Waals surface area contributed by atoms with Crippen molar-refractivity contribution in [3.05, 3.63) is 18.2 Å². The molecule has 0 aromatic heterocycles. The fourth-order valence-corrected chi connectivity index (χ4v) is 2.54. The molecule has 0 unspecified atom stereocenters. The Morgan fingerprint density at radius 2 is 1.86 bits per heavy atom. The number of hydrogen-bond acceptors (Lipinski definition) is 4. The molecular formula is C16H23NO4. The molecule has 21 heavy (non-hydrogen) atoms. The first-order valence-corrected chi connectivity index (χ1v) is 7.36. The van der Waals surface area contributed by atoms with Crippen LogP contribution in [0.2, 0.25) is 0 Å². The number of amides is 1. The second-order valence-corrected chi connectivity index (χ2v) is 5.19. The molecule has 1 aliphatic rings. The molecule has 2 rings (SSSR count). The third kappa shape index (κ3) is 4.63. The molecular weight excluding hydrogens is 270 g/mol. The minimum Gasteiger partial charge on any atom is -0.493 e. The van der Waals surface area contributed by atoms with E-state index in [0.29, 0.717) is 17.2 Å². The zero-order chi connectivity index (χ0) is 15.1. The lowest BCUT2D eigenvalue weighted by Gasteiger charge is -2.21. The zero-order valence-corrected chi connectivity index (χ0v) is 12.7. The summed E-state index contributed by atoms with van der Waals surface area (Å²) < 4.78 is 16.0. The van der Waals surface area contributed by atoms with Gasteiger partial charge in [0.25, 0.3) is 0 Å². The second kappa shape index (κ2) is 7.88. The van der Waals surface area contributed by atoms with Gasteiger partial charge in [-0.05, 0) is 25.0 Å². The number of hydrogen-bond donors (Lipinski definition) is 1. The van der Waals surface area contributed by atoms with Crippen molar-refractivity contribution in [3.8, 4) is 11.5 Å². The van der Waals surface area contributed by atoms with Gasteiger partial charge in [-0.1, -0.05) is 19.3 Å². The first-order valence-electron chi connectivity index (χ1n) is 7.36. The lowest BCUT2D eigenvalue weighted by Crippen LogP contribution is -2.24. The summed E-state index contributed by atoms with van der Waals surface area (Å²) in [7, 11) is 3.14. The molecule has 5 heteroatoms. The molecule has 0 aliphatic heterocycles. The van der Waals surface area contributed by atoms with Crippen LogP contribution in [-0.4, -0.2) is 32.8 Å². The number of carbonyl (C=O) groups excluding carboxylic acids is 1. The summed E-state index contributed by atoms with van der Waals surface area (Å²) in [5.74, 6) is 1.07. The van der Waals surface area contributed by atoms with Gasteiger partial charge in [-0.15, -0.1) is 0 Å². The van der Waals surface area contributed by atoms with Gasteiger partial charge in [-0.25, -0.2) is 0 Å². The molecule has 5 nitrogen and oxygen atoms in total. The Labute approximate surface area is 125 Å². The van der Waals surface area contributed by atoms with E-state index in [0.717, 1.165) is 12.8 Å². The second-order valence-electron chi connectivity index (χ2n) is 5.19. The fraction of sp³-hybridized carbons (Fsp3) is 0.562. The molecule has 1 N–H and O–H groups in total. The number of carbonyl (C=O) groups is 1. The lowest BCUT2D eigenvalue weighted by molar-refractivity contribution is -0.123. The van der Waals surface area contributed by atoms with Crippen molar-refractivity contribution in [2.75, 3.05) is 26.1 Å². The minimum absolute atomic E-state index is 0.0962. The maximum atomic E-state index is 11.9. The Morgan fingerprint density at radius 1 is 1.14 bits per heavy atom. The highest BCUT2D eigenvalue weighted by molar-refractivity contribution is 5.92. The normalized spacial score (nSPS) is 15.5. The van der Waals surface area contributed by atoms with Crippen molar-refractivity contribution in [2.45, 2.75) is 38.2 Å². The smallest absolute Gasteiger partial charge is 0.250 e. The summed E-state index contributed by atoms with van der Waals surface area (Å²) in [5, 5.41) is 2.81. The van der Waals surface area contributed by atoms with Gasteiger partial charge in [-0.2, -0.15) is 0 Å². The van der Waals surface area contributed by atoms with Gasteiger partial charge < -0.3 is 19.5 Å². The Balaban J connectivity index is 1.84. The topological polar surface area (TPSA) is 56.8 Å². The van der Waals surface area contributed by atoms with Gasteiger partial charge in [-0.3, -0.25) is 4.79 Å². The fourth-order valence-electron chi connectivity index (χ4n) is 2.54. The van der Waals surface area contributed by atoms with Crippen molar-refractivity contribution in [1.29, 1.82) is 0 Å². The van der Waals surface area contributed by atoms with E-state index in [1.165, 1.54) is 19.3 Å². The Morgan fingerprint density at radius 3 is 2.52 bits per heavy atom. The molecule has 1 saturated carbocycles. The highest BCUT2D eigenvalue weighted by Crippen LogP contribution is 2.29. The van der Waals surface area contributed by atoms with E-state index >= 15 is 0 Å². The van der Waals surface area contributed by atoms with Crippen LogP contribution in [0.25, 0.3) is 0 Å². The van der Waals surface area contributed by atoms with Crippen LogP contribution >= 0.6 is 0 Å². The largest absolute Gasteiger partial charge is 0.493 e. The summed E-state index contributed by atoms with van der Waals surface area (Å²) in [6, 6.07) is 5.27. The average molecular weight is 293 g/mol. The van der Waals surface area contributed by atoms with E-state index < -0.39 is 0 Å². The van der Waals surface area contributed by atoms with Crippen LogP contribution in [0, 0.1) is 0 Å². The van der Waals surface area contributed by atoms with E-state index in [4.69, 9.17) is 14.2 Å². The van der Waals surface area contributed by atoms with Gasteiger partial charge in [0.15, 0.2) is 11.5 Å². The molecule has 0 heterocycles. The molecule has 1 aliphatic carbocycles. The molecule has 0 radical (unpaired) electrons. The Kier molecular flexibility index (Phi) is 5.87. The van der Waals surface area contributed by atoms with Gasteiger partial charge in [0.05, 0.1) is 20.3 Å². The average Bonchev–Trinajstić information content (AvgIpc) is 2.53. The van der Waals surface area contributed by atoms with Crippen LogP contribution in [0.1, 0.15) is 32.1 Å². The van der Waals surface area contributed by atoms with E-state index in [1.807, 2.05) is 0 Å². The van der Waals surface area contributed by atoms with E-state index in [1.54, 1.807) is 32.4 Å². The summed E-state index contributed by atoms with van der Waals surface area (Å²) in [5.41, 5.74) is 0.671. The predicted molar refractivity (Wildman–Crippen MR) is 81.0 cm³/mol. The van der Waals surface area contributed by atoms with Crippen LogP contribution in [0.5, 0.6) is 11.5 Å². The van der Waals surface area contributed by atoms with Crippen molar-refractivity contribution in [2.24, 2.45) is 0 Å². The maximum absolute atomic E-state index is 11.9. The van der Waals surface area contributed by atoms with Crippen LogP contribution in [0.4, 0.5) is 5.69 Å². The number of nitrogens with one attached hydrogen (secondary N) is 1. The van der Waals surface area contributed by atoms with Gasteiger partial charge in [0.2, 0.25) is 5.91 Å². The van der Waals surface area contributed by atoms with E-state index in [2.05, 4.69) is 5.32 Å². The quantitative estimate of drug-likeness (QED) is 0.876. The highest BCUT2D eigenvalue weighted by atomic mass is 16.5. The summed E-state index contributed by atoms with van der Waals surface area (Å²) >= 11 is 0. The zero-order valence-electron chi connectivity index (χ0n) is 12.7. The van der Waals surface area contributed by atoms with Crippen LogP contribution in [0.15, 0.2) is 18.2 Å². The first kappa shape index (κ1) is 15.6. The summed E-state index contributed by atoms with van der Waals surface area (Å²) in [6.07, 6.45) is 6.02. The van der Waals surface area contributed by atoms with Crippen LogP contribution < -0.4 is 14.8 Å². The molecule has 1 aromatic rings. The minimum atomic E-state index is -0.146. The number of methoxy groups -OCH3 is 2.